The smallest absolute Gasteiger partial charge is 0.249 e. The molecule has 0 aliphatic heterocycles. The average Bonchev–Trinajstić information content (AvgIpc) is 2.02. The van der Waals surface area contributed by atoms with Crippen LogP contribution < -0.4 is 5.32 Å². The predicted octanol–water partition coefficient (Wildman–Crippen LogP) is 0.846. The Balaban J connectivity index is 3.68. The zero-order valence-corrected chi connectivity index (χ0v) is 8.20. The monoisotopic (exact) mass is 177 g/mol. The molecule has 0 aromatic rings. The van der Waals surface area contributed by atoms with Crippen LogP contribution in [-0.2, 0) is 9.53 Å². The Morgan fingerprint density at radius 3 is 2.45 bits per heavy atom. The van der Waals surface area contributed by atoms with Gasteiger partial charge in [-0.1, -0.05) is 0 Å². The third kappa shape index (κ3) is 4.27. The van der Waals surface area contributed by atoms with Crippen molar-refractivity contribution in [2.75, 3.05) is 13.4 Å². The number of ether oxygens (including phenoxy) is 1. The zero-order chi connectivity index (χ0) is 8.85. The quantitative estimate of drug-likeness (QED) is 0.647. The van der Waals surface area contributed by atoms with E-state index in [1.165, 1.54) is 7.11 Å². The first kappa shape index (κ1) is 10.8. The fourth-order valence-corrected chi connectivity index (χ4v) is 0.718. The molecule has 0 radical (unpaired) electrons. The molecule has 66 valence electrons. The van der Waals surface area contributed by atoms with Gasteiger partial charge in [-0.05, 0) is 20.1 Å². The molecule has 3 nitrogen and oxygen atoms in total. The van der Waals surface area contributed by atoms with E-state index in [2.05, 4.69) is 5.32 Å². The second kappa shape index (κ2) is 5.43. The van der Waals surface area contributed by atoms with E-state index in [9.17, 15) is 4.79 Å². The lowest BCUT2D eigenvalue weighted by molar-refractivity contribution is -0.130. The van der Waals surface area contributed by atoms with E-state index in [4.69, 9.17) is 4.74 Å². The fraction of sp³-hybridized carbons (Fsp3) is 0.857. The van der Waals surface area contributed by atoms with Crippen LogP contribution in [0.4, 0.5) is 0 Å². The molecule has 2 unspecified atom stereocenters. The summed E-state index contributed by atoms with van der Waals surface area (Å²) in [6.45, 7) is 3.66. The Morgan fingerprint density at radius 2 is 2.09 bits per heavy atom. The molecule has 0 aromatic carbocycles. The number of hydrogen-bond acceptors (Lipinski definition) is 3. The second-order valence-electron chi connectivity index (χ2n) is 2.26. The minimum absolute atomic E-state index is 0.0608. The maximum atomic E-state index is 11.1. The average molecular weight is 177 g/mol. The molecule has 0 aromatic heterocycles. The molecule has 11 heavy (non-hydrogen) atoms. The van der Waals surface area contributed by atoms with Crippen LogP contribution in [0.3, 0.4) is 0 Å². The van der Waals surface area contributed by atoms with Gasteiger partial charge in [0.1, 0.15) is 6.10 Å². The van der Waals surface area contributed by atoms with Gasteiger partial charge < -0.3 is 10.1 Å². The number of carbonyl (C=O) groups is 1. The highest BCUT2D eigenvalue weighted by atomic mass is 32.2. The normalized spacial score (nSPS) is 15.6. The van der Waals surface area contributed by atoms with Crippen LogP contribution in [0.25, 0.3) is 0 Å². The minimum Gasteiger partial charge on any atom is -0.372 e. The highest BCUT2D eigenvalue weighted by Crippen LogP contribution is 2.01. The van der Waals surface area contributed by atoms with Crippen molar-refractivity contribution in [2.45, 2.75) is 25.3 Å². The maximum Gasteiger partial charge on any atom is 0.249 e. The topological polar surface area (TPSA) is 38.3 Å². The van der Waals surface area contributed by atoms with Crippen molar-refractivity contribution in [3.05, 3.63) is 0 Å². The first-order chi connectivity index (χ1) is 5.11. The summed E-state index contributed by atoms with van der Waals surface area (Å²) in [4.78, 5) is 11.1. The lowest BCUT2D eigenvalue weighted by Gasteiger charge is -2.14. The highest BCUT2D eigenvalue weighted by Gasteiger charge is 2.12. The molecule has 2 atom stereocenters. The van der Waals surface area contributed by atoms with Gasteiger partial charge in [0.25, 0.3) is 0 Å². The molecule has 0 heterocycles. The number of hydrogen-bond donors (Lipinski definition) is 1. The number of methoxy groups -OCH3 is 1. The standard InChI is InChI=1S/C7H15NO2S/c1-5(10-3)7(9)8-6(2)11-4/h5-6H,1-4H3,(H,8,9). The molecule has 0 bridgehead atoms. The molecule has 0 rings (SSSR count). The van der Waals surface area contributed by atoms with Crippen LogP contribution >= 0.6 is 11.8 Å². The first-order valence-corrected chi connectivity index (χ1v) is 4.76. The van der Waals surface area contributed by atoms with Crippen LogP contribution in [0, 0.1) is 0 Å². The number of carbonyl (C=O) groups excluding carboxylic acids is 1. The van der Waals surface area contributed by atoms with E-state index in [0.29, 0.717) is 0 Å². The van der Waals surface area contributed by atoms with Crippen LogP contribution in [0.1, 0.15) is 13.8 Å². The van der Waals surface area contributed by atoms with Crippen molar-refractivity contribution in [1.82, 2.24) is 5.32 Å². The molecule has 0 spiro atoms. The zero-order valence-electron chi connectivity index (χ0n) is 7.38. The van der Waals surface area contributed by atoms with Gasteiger partial charge in [-0.3, -0.25) is 4.79 Å². The van der Waals surface area contributed by atoms with Crippen molar-refractivity contribution in [2.24, 2.45) is 0 Å². The lowest BCUT2D eigenvalue weighted by Crippen LogP contribution is -2.37. The van der Waals surface area contributed by atoms with Gasteiger partial charge in [0, 0.05) is 7.11 Å². The molecule has 0 fully saturated rings. The van der Waals surface area contributed by atoms with Gasteiger partial charge in [0.2, 0.25) is 5.91 Å². The largest absolute Gasteiger partial charge is 0.372 e. The van der Waals surface area contributed by atoms with E-state index >= 15 is 0 Å². The van der Waals surface area contributed by atoms with Crippen molar-refractivity contribution < 1.29 is 9.53 Å². The summed E-state index contributed by atoms with van der Waals surface area (Å²) in [5.41, 5.74) is 0. The first-order valence-electron chi connectivity index (χ1n) is 3.47. The summed E-state index contributed by atoms with van der Waals surface area (Å²) < 4.78 is 4.84. The molecule has 0 saturated heterocycles. The van der Waals surface area contributed by atoms with Crippen LogP contribution in [0.15, 0.2) is 0 Å². The number of nitrogens with one attached hydrogen (secondary N) is 1. The van der Waals surface area contributed by atoms with Crippen LogP contribution in [-0.4, -0.2) is 30.8 Å². The van der Waals surface area contributed by atoms with E-state index in [1.54, 1.807) is 18.7 Å². The summed E-state index contributed by atoms with van der Waals surface area (Å²) in [7, 11) is 1.52. The molecule has 1 N–H and O–H groups in total. The van der Waals surface area contributed by atoms with E-state index in [1.807, 2.05) is 13.2 Å². The number of thioether (sulfide) groups is 1. The van der Waals surface area contributed by atoms with Gasteiger partial charge in [-0.15, -0.1) is 11.8 Å². The summed E-state index contributed by atoms with van der Waals surface area (Å²) >= 11 is 1.59. The Bertz CT molecular complexity index is 130. The molecule has 4 heteroatoms. The molecular formula is C7H15NO2S. The SMILES string of the molecule is COC(C)C(=O)NC(C)SC. The van der Waals surface area contributed by atoms with Gasteiger partial charge in [0.05, 0.1) is 5.37 Å². The van der Waals surface area contributed by atoms with Crippen LogP contribution in [0.5, 0.6) is 0 Å². The summed E-state index contributed by atoms with van der Waals surface area (Å²) in [5, 5.41) is 2.93. The molecule has 0 saturated carbocycles. The second-order valence-corrected chi connectivity index (χ2v) is 3.44. The fourth-order valence-electron chi connectivity index (χ4n) is 0.484. The molecular weight excluding hydrogens is 162 g/mol. The van der Waals surface area contributed by atoms with Gasteiger partial charge in [-0.2, -0.15) is 0 Å². The Morgan fingerprint density at radius 1 is 1.55 bits per heavy atom. The predicted molar refractivity (Wildman–Crippen MR) is 47.6 cm³/mol. The maximum absolute atomic E-state index is 11.1. The Labute approximate surface area is 71.9 Å². The lowest BCUT2D eigenvalue weighted by atomic mass is 10.4. The van der Waals surface area contributed by atoms with Crippen molar-refractivity contribution >= 4 is 17.7 Å². The number of amides is 1. The van der Waals surface area contributed by atoms with E-state index in [-0.39, 0.29) is 17.4 Å². The van der Waals surface area contributed by atoms with E-state index in [0.717, 1.165) is 0 Å². The third-order valence-electron chi connectivity index (χ3n) is 1.42. The minimum atomic E-state index is -0.357. The summed E-state index contributed by atoms with van der Waals surface area (Å²) in [6.07, 6.45) is 1.59. The third-order valence-corrected chi connectivity index (χ3v) is 2.25. The number of rotatable bonds is 4. The summed E-state index contributed by atoms with van der Waals surface area (Å²) in [6, 6.07) is 0. The van der Waals surface area contributed by atoms with Gasteiger partial charge >= 0.3 is 0 Å². The highest BCUT2D eigenvalue weighted by molar-refractivity contribution is 7.99. The van der Waals surface area contributed by atoms with Crippen molar-refractivity contribution in [3.63, 3.8) is 0 Å². The molecule has 1 amide bonds. The van der Waals surface area contributed by atoms with Crippen LogP contribution in [0.2, 0.25) is 0 Å². The van der Waals surface area contributed by atoms with E-state index < -0.39 is 0 Å². The molecule has 0 aliphatic carbocycles. The Hall–Kier alpha value is -0.220. The summed E-state index contributed by atoms with van der Waals surface area (Å²) in [5.74, 6) is -0.0608. The van der Waals surface area contributed by atoms with Gasteiger partial charge in [-0.25, -0.2) is 0 Å². The van der Waals surface area contributed by atoms with Gasteiger partial charge in [0.15, 0.2) is 0 Å². The molecule has 0 aliphatic rings. The Kier molecular flexibility index (Phi) is 5.32. The van der Waals surface area contributed by atoms with Crippen molar-refractivity contribution in [1.29, 1.82) is 0 Å². The van der Waals surface area contributed by atoms with Crippen molar-refractivity contribution in [3.8, 4) is 0 Å².